The van der Waals surface area contributed by atoms with Crippen LogP contribution in [0.4, 0.5) is 5.82 Å². The lowest BCUT2D eigenvalue weighted by Gasteiger charge is -2.30. The molecule has 0 unspecified atom stereocenters. The van der Waals surface area contributed by atoms with Gasteiger partial charge in [-0.25, -0.2) is 4.68 Å². The van der Waals surface area contributed by atoms with E-state index in [1.54, 1.807) is 0 Å². The van der Waals surface area contributed by atoms with Crippen molar-refractivity contribution in [1.82, 2.24) is 15.1 Å². The van der Waals surface area contributed by atoms with E-state index in [1.807, 2.05) is 6.20 Å². The molecule has 0 bridgehead atoms. The third-order valence-electron chi connectivity index (χ3n) is 4.17. The second kappa shape index (κ2) is 5.28. The molecule has 1 aromatic rings. The Labute approximate surface area is 108 Å². The fraction of sp³-hybridized carbons (Fsp3) is 0.769. The topological polar surface area (TPSA) is 67.9 Å². The van der Waals surface area contributed by atoms with E-state index in [-0.39, 0.29) is 0 Å². The van der Waals surface area contributed by atoms with Crippen molar-refractivity contribution in [3.8, 4) is 0 Å². The summed E-state index contributed by atoms with van der Waals surface area (Å²) in [5.41, 5.74) is 6.03. The van der Waals surface area contributed by atoms with Crippen LogP contribution >= 0.6 is 0 Å². The molecule has 2 aliphatic rings. The van der Waals surface area contributed by atoms with Crippen LogP contribution < -0.4 is 16.4 Å². The molecule has 2 heterocycles. The van der Waals surface area contributed by atoms with Gasteiger partial charge in [0.2, 0.25) is 0 Å². The summed E-state index contributed by atoms with van der Waals surface area (Å²) < 4.78 is 2.11. The Morgan fingerprint density at radius 2 is 2.33 bits per heavy atom. The number of nitrogens with one attached hydrogen (secondary N) is 2. The van der Waals surface area contributed by atoms with Crippen LogP contribution in [0.1, 0.15) is 31.7 Å². The minimum atomic E-state index is 0.409. The molecule has 1 aromatic heterocycles. The maximum Gasteiger partial charge on any atom is 0.124 e. The Bertz CT molecular complexity index is 384. The first-order valence-corrected chi connectivity index (χ1v) is 7.06. The van der Waals surface area contributed by atoms with E-state index in [2.05, 4.69) is 26.5 Å². The molecule has 5 nitrogen and oxygen atoms in total. The maximum absolute atomic E-state index is 6.03. The van der Waals surface area contributed by atoms with Gasteiger partial charge in [-0.1, -0.05) is 6.42 Å². The Morgan fingerprint density at radius 3 is 3.06 bits per heavy atom. The van der Waals surface area contributed by atoms with E-state index in [0.29, 0.717) is 12.1 Å². The predicted molar refractivity (Wildman–Crippen MR) is 72.6 cm³/mol. The smallest absolute Gasteiger partial charge is 0.124 e. The number of nitrogens with zero attached hydrogens (tertiary/aromatic N) is 2. The van der Waals surface area contributed by atoms with E-state index >= 15 is 0 Å². The van der Waals surface area contributed by atoms with Crippen LogP contribution in [0.15, 0.2) is 12.3 Å². The zero-order chi connectivity index (χ0) is 12.4. The molecule has 2 atom stereocenters. The van der Waals surface area contributed by atoms with Gasteiger partial charge in [-0.2, -0.15) is 5.10 Å². The first-order valence-electron chi connectivity index (χ1n) is 7.06. The highest BCUT2D eigenvalue weighted by atomic mass is 15.4. The lowest BCUT2D eigenvalue weighted by Crippen LogP contribution is -2.44. The van der Waals surface area contributed by atoms with Crippen LogP contribution in [0.5, 0.6) is 0 Å². The molecule has 0 radical (unpaired) electrons. The Hall–Kier alpha value is -1.07. The minimum Gasteiger partial charge on any atom is -0.370 e. The lowest BCUT2D eigenvalue weighted by atomic mass is 9.86. The molecule has 100 valence electrons. The molecule has 1 aliphatic carbocycles. The summed E-state index contributed by atoms with van der Waals surface area (Å²) in [5, 5.41) is 11.2. The number of hydrogen-bond acceptors (Lipinski definition) is 4. The summed E-state index contributed by atoms with van der Waals surface area (Å²) in [5.74, 6) is 1.87. The second-order valence-electron chi connectivity index (χ2n) is 5.65. The summed E-state index contributed by atoms with van der Waals surface area (Å²) in [7, 11) is 0. The third-order valence-corrected chi connectivity index (χ3v) is 4.17. The van der Waals surface area contributed by atoms with Crippen molar-refractivity contribution in [3.05, 3.63) is 12.3 Å². The van der Waals surface area contributed by atoms with Gasteiger partial charge in [-0.3, -0.25) is 0 Å². The third kappa shape index (κ3) is 2.52. The van der Waals surface area contributed by atoms with Gasteiger partial charge < -0.3 is 16.4 Å². The fourth-order valence-electron chi connectivity index (χ4n) is 2.96. The van der Waals surface area contributed by atoms with Gasteiger partial charge in [0.1, 0.15) is 5.82 Å². The van der Waals surface area contributed by atoms with Crippen molar-refractivity contribution in [3.63, 3.8) is 0 Å². The zero-order valence-corrected chi connectivity index (χ0v) is 10.8. The van der Waals surface area contributed by atoms with Gasteiger partial charge >= 0.3 is 0 Å². The molecule has 18 heavy (non-hydrogen) atoms. The molecule has 0 spiro atoms. The molecular weight excluding hydrogens is 226 g/mol. The van der Waals surface area contributed by atoms with E-state index < -0.39 is 0 Å². The highest BCUT2D eigenvalue weighted by molar-refractivity contribution is 5.35. The van der Waals surface area contributed by atoms with Crippen LogP contribution in [-0.4, -0.2) is 35.5 Å². The van der Waals surface area contributed by atoms with Crippen LogP contribution in [-0.2, 0) is 0 Å². The summed E-state index contributed by atoms with van der Waals surface area (Å²) in [6, 6.07) is 3.00. The molecular formula is C13H23N5. The van der Waals surface area contributed by atoms with E-state index in [9.17, 15) is 0 Å². The predicted octanol–water partition coefficient (Wildman–Crippen LogP) is 0.957. The minimum absolute atomic E-state index is 0.409. The van der Waals surface area contributed by atoms with Crippen LogP contribution in [0.2, 0.25) is 0 Å². The summed E-state index contributed by atoms with van der Waals surface area (Å²) >= 11 is 0. The lowest BCUT2D eigenvalue weighted by molar-refractivity contribution is 0.317. The molecule has 1 saturated carbocycles. The van der Waals surface area contributed by atoms with Crippen LogP contribution in [0.3, 0.4) is 0 Å². The molecule has 3 rings (SSSR count). The quantitative estimate of drug-likeness (QED) is 0.743. The Balaban J connectivity index is 1.54. The second-order valence-corrected chi connectivity index (χ2v) is 5.65. The zero-order valence-electron chi connectivity index (χ0n) is 10.8. The molecule has 0 amide bonds. The SMILES string of the molecule is N[C@@H]1CCC[C@H](CNc2ccnn2C2CNC2)C1. The summed E-state index contributed by atoms with van der Waals surface area (Å²) in [6.45, 7) is 3.09. The summed E-state index contributed by atoms with van der Waals surface area (Å²) in [6.07, 6.45) is 6.82. The average molecular weight is 249 g/mol. The first-order chi connectivity index (χ1) is 8.83. The monoisotopic (exact) mass is 249 g/mol. The molecule has 4 N–H and O–H groups in total. The number of aromatic nitrogens is 2. The Kier molecular flexibility index (Phi) is 3.52. The van der Waals surface area contributed by atoms with Gasteiger partial charge in [0.15, 0.2) is 0 Å². The van der Waals surface area contributed by atoms with E-state index in [0.717, 1.165) is 37.8 Å². The van der Waals surface area contributed by atoms with Crippen molar-refractivity contribution in [1.29, 1.82) is 0 Å². The Morgan fingerprint density at radius 1 is 1.44 bits per heavy atom. The summed E-state index contributed by atoms with van der Waals surface area (Å²) in [4.78, 5) is 0. The van der Waals surface area contributed by atoms with Crippen LogP contribution in [0.25, 0.3) is 0 Å². The number of nitrogens with two attached hydrogens (primary N) is 1. The van der Waals surface area contributed by atoms with E-state index in [1.165, 1.54) is 19.3 Å². The van der Waals surface area contributed by atoms with Gasteiger partial charge in [-0.15, -0.1) is 0 Å². The van der Waals surface area contributed by atoms with Crippen molar-refractivity contribution < 1.29 is 0 Å². The normalized spacial score (nSPS) is 28.9. The molecule has 0 aromatic carbocycles. The van der Waals surface area contributed by atoms with Crippen molar-refractivity contribution >= 4 is 5.82 Å². The molecule has 2 fully saturated rings. The van der Waals surface area contributed by atoms with Gasteiger partial charge in [0, 0.05) is 31.7 Å². The maximum atomic E-state index is 6.03. The van der Waals surface area contributed by atoms with Crippen molar-refractivity contribution in [2.45, 2.75) is 37.8 Å². The molecule has 1 aliphatic heterocycles. The van der Waals surface area contributed by atoms with Crippen molar-refractivity contribution in [2.75, 3.05) is 25.0 Å². The van der Waals surface area contributed by atoms with Gasteiger partial charge in [-0.05, 0) is 25.2 Å². The fourth-order valence-corrected chi connectivity index (χ4v) is 2.96. The van der Waals surface area contributed by atoms with Gasteiger partial charge in [0.05, 0.1) is 12.2 Å². The average Bonchev–Trinajstić information content (AvgIpc) is 2.72. The van der Waals surface area contributed by atoms with Crippen molar-refractivity contribution in [2.24, 2.45) is 11.7 Å². The molecule has 5 heteroatoms. The highest BCUT2D eigenvalue weighted by Gasteiger charge is 2.23. The molecule has 1 saturated heterocycles. The number of anilines is 1. The van der Waals surface area contributed by atoms with Gasteiger partial charge in [0.25, 0.3) is 0 Å². The largest absolute Gasteiger partial charge is 0.370 e. The van der Waals surface area contributed by atoms with Crippen LogP contribution in [0, 0.1) is 5.92 Å². The van der Waals surface area contributed by atoms with E-state index in [4.69, 9.17) is 5.73 Å². The highest BCUT2D eigenvalue weighted by Crippen LogP contribution is 2.24. The number of rotatable bonds is 4. The first kappa shape index (κ1) is 12.0. The number of hydrogen-bond donors (Lipinski definition) is 3. The standard InChI is InChI=1S/C13H23N5/c14-11-3-1-2-10(6-11)7-16-13-4-5-17-18(13)12-8-15-9-12/h4-5,10-12,15-16H,1-3,6-9,14H2/t10-,11+/m0/s1.